The van der Waals surface area contributed by atoms with Gasteiger partial charge >= 0.3 is 0 Å². The van der Waals surface area contributed by atoms with Crippen LogP contribution < -0.4 is 15.2 Å². The zero-order valence-electron chi connectivity index (χ0n) is 13.5. The molecule has 0 saturated carbocycles. The van der Waals surface area contributed by atoms with Crippen LogP contribution in [0.1, 0.15) is 25.0 Å². The summed E-state index contributed by atoms with van der Waals surface area (Å²) in [6, 6.07) is 17.0. The topological polar surface area (TPSA) is 68.3 Å². The molecule has 0 unspecified atom stereocenters. The molecule has 0 aromatic heterocycles. The van der Waals surface area contributed by atoms with E-state index < -0.39 is 0 Å². The fraction of sp³-hybridized carbons (Fsp3) is 0.278. The molecule has 0 atom stereocenters. The van der Waals surface area contributed by atoms with Crippen LogP contribution in [0.25, 0.3) is 0 Å². The highest BCUT2D eigenvalue weighted by Gasteiger charge is 2.17. The van der Waals surface area contributed by atoms with Gasteiger partial charge in [0.05, 0.1) is 19.8 Å². The lowest BCUT2D eigenvalue weighted by molar-refractivity contribution is 0.394. The van der Waals surface area contributed by atoms with Gasteiger partial charge in [-0.3, -0.25) is 0 Å². The first-order valence-corrected chi connectivity index (χ1v) is 6.89. The van der Waals surface area contributed by atoms with Gasteiger partial charge in [0.15, 0.2) is 0 Å². The van der Waals surface area contributed by atoms with Crippen LogP contribution in [0.2, 0.25) is 0 Å². The van der Waals surface area contributed by atoms with Crippen molar-refractivity contribution in [3.05, 3.63) is 59.7 Å². The Labute approximate surface area is 132 Å². The smallest absolute Gasteiger partial charge is 0.136 e. The zero-order valence-corrected chi connectivity index (χ0v) is 13.5. The molecular formula is C18H22N2O2. The Morgan fingerprint density at radius 1 is 0.909 bits per heavy atom. The normalized spacial score (nSPS) is 10.0. The maximum Gasteiger partial charge on any atom is 0.136 e. The molecule has 0 amide bonds. The lowest BCUT2D eigenvalue weighted by Crippen LogP contribution is -2.29. The van der Waals surface area contributed by atoms with Gasteiger partial charge < -0.3 is 15.2 Å². The first-order chi connectivity index (χ1) is 10.4. The van der Waals surface area contributed by atoms with Crippen LogP contribution in [0, 0.1) is 11.3 Å². The first kappa shape index (κ1) is 17.5. The predicted octanol–water partition coefficient (Wildman–Crippen LogP) is 3.46. The van der Waals surface area contributed by atoms with E-state index in [1.165, 1.54) is 0 Å². The highest BCUT2D eigenvalue weighted by Crippen LogP contribution is 2.26. The summed E-state index contributed by atoms with van der Waals surface area (Å²) < 4.78 is 10.1. The third-order valence-electron chi connectivity index (χ3n) is 3.03. The largest absolute Gasteiger partial charge is 0.496 e. The maximum atomic E-state index is 8.52. The van der Waals surface area contributed by atoms with Gasteiger partial charge in [0.1, 0.15) is 17.6 Å². The van der Waals surface area contributed by atoms with Gasteiger partial charge in [-0.15, -0.1) is 0 Å². The number of nitriles is 1. The fourth-order valence-electron chi connectivity index (χ4n) is 1.91. The van der Waals surface area contributed by atoms with Gasteiger partial charge in [0, 0.05) is 11.1 Å². The molecule has 0 spiro atoms. The average molecular weight is 298 g/mol. The second kappa shape index (κ2) is 8.06. The van der Waals surface area contributed by atoms with Crippen molar-refractivity contribution in [3.63, 3.8) is 0 Å². The minimum absolute atomic E-state index is 0.341. The van der Waals surface area contributed by atoms with Gasteiger partial charge in [0.2, 0.25) is 0 Å². The van der Waals surface area contributed by atoms with Gasteiger partial charge in [-0.2, -0.15) is 5.26 Å². The highest BCUT2D eigenvalue weighted by atomic mass is 16.5. The van der Waals surface area contributed by atoms with Crippen LogP contribution in [0.4, 0.5) is 0 Å². The number of ether oxygens (including phenoxy) is 2. The van der Waals surface area contributed by atoms with Crippen molar-refractivity contribution in [1.82, 2.24) is 0 Å². The van der Waals surface area contributed by atoms with E-state index in [1.807, 2.05) is 50.2 Å². The number of nitrogens with two attached hydrogens (primary N) is 1. The van der Waals surface area contributed by atoms with Crippen molar-refractivity contribution < 1.29 is 9.47 Å². The van der Waals surface area contributed by atoms with E-state index in [4.69, 9.17) is 20.5 Å². The Kier molecular flexibility index (Phi) is 6.43. The summed E-state index contributed by atoms with van der Waals surface area (Å²) >= 11 is 0. The molecule has 116 valence electrons. The van der Waals surface area contributed by atoms with E-state index in [1.54, 1.807) is 32.4 Å². The third-order valence-corrected chi connectivity index (χ3v) is 3.03. The molecule has 0 heterocycles. The van der Waals surface area contributed by atoms with E-state index >= 15 is 0 Å². The fourth-order valence-corrected chi connectivity index (χ4v) is 1.91. The summed E-state index contributed by atoms with van der Waals surface area (Å²) in [5.41, 5.74) is 7.22. The van der Waals surface area contributed by atoms with E-state index in [9.17, 15) is 0 Å². The molecule has 4 heteroatoms. The molecule has 2 N–H and O–H groups in total. The van der Waals surface area contributed by atoms with Crippen LogP contribution in [0.15, 0.2) is 48.5 Å². The summed E-state index contributed by atoms with van der Waals surface area (Å²) in [6.45, 7) is 3.93. The van der Waals surface area contributed by atoms with Gasteiger partial charge in [0.25, 0.3) is 0 Å². The van der Waals surface area contributed by atoms with Crippen molar-refractivity contribution in [2.45, 2.75) is 19.4 Å². The van der Waals surface area contributed by atoms with Crippen LogP contribution in [-0.2, 0) is 5.54 Å². The number of hydrogen-bond acceptors (Lipinski definition) is 4. The minimum Gasteiger partial charge on any atom is -0.496 e. The van der Waals surface area contributed by atoms with E-state index in [0.29, 0.717) is 11.3 Å². The van der Waals surface area contributed by atoms with Crippen molar-refractivity contribution in [3.8, 4) is 17.6 Å². The molecule has 0 aliphatic heterocycles. The summed E-state index contributed by atoms with van der Waals surface area (Å²) in [5.74, 6) is 1.48. The number of benzene rings is 2. The predicted molar refractivity (Wildman–Crippen MR) is 87.9 cm³/mol. The molecule has 0 radical (unpaired) electrons. The minimum atomic E-state index is -0.341. The standard InChI is InChI=1S/C10H15NO.C8H7NO/c1-10(2,11)8-6-4-5-7-9(8)12-3;1-10-8-5-3-2-4-7(8)6-9/h4-7H,11H2,1-3H3;2-5H,1H3. The van der Waals surface area contributed by atoms with Crippen LogP contribution >= 0.6 is 0 Å². The van der Waals surface area contributed by atoms with Crippen molar-refractivity contribution in [2.75, 3.05) is 14.2 Å². The Hall–Kier alpha value is -2.51. The van der Waals surface area contributed by atoms with Crippen LogP contribution in [0.5, 0.6) is 11.5 Å². The molecule has 0 aliphatic carbocycles. The monoisotopic (exact) mass is 298 g/mol. The number of methoxy groups -OCH3 is 2. The highest BCUT2D eigenvalue weighted by molar-refractivity contribution is 5.42. The summed E-state index contributed by atoms with van der Waals surface area (Å²) in [6.07, 6.45) is 0. The van der Waals surface area contributed by atoms with Crippen LogP contribution in [0.3, 0.4) is 0 Å². The van der Waals surface area contributed by atoms with Crippen molar-refractivity contribution in [2.24, 2.45) is 5.73 Å². The molecule has 22 heavy (non-hydrogen) atoms. The van der Waals surface area contributed by atoms with E-state index in [-0.39, 0.29) is 5.54 Å². The quantitative estimate of drug-likeness (QED) is 0.942. The Morgan fingerprint density at radius 3 is 1.82 bits per heavy atom. The molecule has 0 fully saturated rings. The zero-order chi connectivity index (χ0) is 16.6. The summed E-state index contributed by atoms with van der Waals surface area (Å²) in [7, 11) is 3.21. The Morgan fingerprint density at radius 2 is 1.41 bits per heavy atom. The Bertz CT molecular complexity index is 640. The van der Waals surface area contributed by atoms with Crippen molar-refractivity contribution in [1.29, 1.82) is 5.26 Å². The third kappa shape index (κ3) is 4.80. The summed E-state index contributed by atoms with van der Waals surface area (Å²) in [5, 5.41) is 8.52. The second-order valence-electron chi connectivity index (χ2n) is 5.23. The molecule has 2 aromatic carbocycles. The van der Waals surface area contributed by atoms with Gasteiger partial charge in [-0.05, 0) is 32.0 Å². The molecule has 0 aliphatic rings. The lowest BCUT2D eigenvalue weighted by atomic mass is 9.95. The molecule has 2 aromatic rings. The second-order valence-corrected chi connectivity index (χ2v) is 5.23. The molecule has 0 bridgehead atoms. The van der Waals surface area contributed by atoms with E-state index in [0.717, 1.165) is 11.3 Å². The van der Waals surface area contributed by atoms with Gasteiger partial charge in [-0.25, -0.2) is 0 Å². The maximum absolute atomic E-state index is 8.52. The molecule has 4 nitrogen and oxygen atoms in total. The summed E-state index contributed by atoms with van der Waals surface area (Å²) in [4.78, 5) is 0. The Balaban J connectivity index is 0.000000224. The lowest BCUT2D eigenvalue weighted by Gasteiger charge is -2.21. The van der Waals surface area contributed by atoms with Crippen LogP contribution in [-0.4, -0.2) is 14.2 Å². The molecule has 2 rings (SSSR count). The van der Waals surface area contributed by atoms with Gasteiger partial charge in [-0.1, -0.05) is 30.3 Å². The average Bonchev–Trinajstić information content (AvgIpc) is 2.54. The number of para-hydroxylation sites is 2. The van der Waals surface area contributed by atoms with Crippen molar-refractivity contribution >= 4 is 0 Å². The van der Waals surface area contributed by atoms with E-state index in [2.05, 4.69) is 0 Å². The SMILES string of the molecule is COc1ccccc1C#N.COc1ccccc1C(C)(C)N. The molecular weight excluding hydrogens is 276 g/mol. The molecule has 0 saturated heterocycles. The number of rotatable bonds is 3. The number of hydrogen-bond donors (Lipinski definition) is 1. The first-order valence-electron chi connectivity index (χ1n) is 6.89. The number of nitrogens with zero attached hydrogens (tertiary/aromatic N) is 1.